The van der Waals surface area contributed by atoms with E-state index in [1.54, 1.807) is 0 Å². The second kappa shape index (κ2) is 8.45. The second-order valence-electron chi connectivity index (χ2n) is 9.04. The van der Waals surface area contributed by atoms with Crippen LogP contribution in [-0.2, 0) is 15.9 Å². The minimum atomic E-state index is -0.339. The highest BCUT2D eigenvalue weighted by molar-refractivity contribution is 7.17. The molecular formula is C26H27ClN2O2S. The summed E-state index contributed by atoms with van der Waals surface area (Å²) in [5.74, 6) is 0.824. The first-order valence-electron chi connectivity index (χ1n) is 11.5. The van der Waals surface area contributed by atoms with Crippen molar-refractivity contribution < 1.29 is 9.47 Å². The summed E-state index contributed by atoms with van der Waals surface area (Å²) in [4.78, 5) is 7.76. The molecule has 3 heterocycles. The van der Waals surface area contributed by atoms with Crippen LogP contribution in [0.5, 0.6) is 0 Å². The van der Waals surface area contributed by atoms with E-state index in [2.05, 4.69) is 46.7 Å². The molecule has 2 aliphatic heterocycles. The van der Waals surface area contributed by atoms with Gasteiger partial charge < -0.3 is 14.4 Å². The van der Waals surface area contributed by atoms with Gasteiger partial charge in [0.25, 0.3) is 0 Å². The van der Waals surface area contributed by atoms with Crippen LogP contribution < -0.4 is 0 Å². The van der Waals surface area contributed by atoms with Crippen molar-refractivity contribution >= 4 is 38.9 Å². The van der Waals surface area contributed by atoms with Gasteiger partial charge in [0.2, 0.25) is 0 Å². The van der Waals surface area contributed by atoms with Gasteiger partial charge in [-0.25, -0.2) is 0 Å². The molecule has 0 radical (unpaired) electrons. The Bertz CT molecular complexity index is 1130. The van der Waals surface area contributed by atoms with E-state index in [1.807, 2.05) is 23.5 Å². The van der Waals surface area contributed by atoms with Crippen LogP contribution in [0, 0.1) is 0 Å². The van der Waals surface area contributed by atoms with E-state index in [0.717, 1.165) is 62.7 Å². The van der Waals surface area contributed by atoms with Crippen LogP contribution in [0.1, 0.15) is 36.8 Å². The number of nitrogens with zero attached hydrogens (tertiary/aromatic N) is 2. The fourth-order valence-electron chi connectivity index (χ4n) is 5.54. The first kappa shape index (κ1) is 20.7. The summed E-state index contributed by atoms with van der Waals surface area (Å²) < 4.78 is 13.3. The number of ether oxygens (including phenoxy) is 2. The number of halogens is 1. The Balaban J connectivity index is 1.30. The standard InChI is InChI=1S/C26H27ClN2O2S/c27-19-7-5-18(6-8-19)15-21-16-28-25(23-17-32-24-4-2-1-3-22(23)24)29(21)20-9-11-26(12-10-20)30-13-14-31-26/h1-8,17,20-21H,9-16H2. The normalized spacial score (nSPS) is 23.3. The van der Waals surface area contributed by atoms with Crippen molar-refractivity contribution in [2.75, 3.05) is 19.8 Å². The molecule has 1 saturated carbocycles. The molecule has 1 spiro atoms. The summed E-state index contributed by atoms with van der Waals surface area (Å²) in [5, 5.41) is 4.38. The average Bonchev–Trinajstić information content (AvgIpc) is 3.55. The Morgan fingerprint density at radius 3 is 2.56 bits per heavy atom. The fraction of sp³-hybridized carbons (Fsp3) is 0.423. The highest BCUT2D eigenvalue weighted by Crippen LogP contribution is 2.40. The van der Waals surface area contributed by atoms with Crippen molar-refractivity contribution in [3.63, 3.8) is 0 Å². The fourth-order valence-corrected chi connectivity index (χ4v) is 6.61. The largest absolute Gasteiger partial charge is 0.348 e. The first-order valence-corrected chi connectivity index (χ1v) is 12.8. The van der Waals surface area contributed by atoms with Crippen molar-refractivity contribution in [2.24, 2.45) is 4.99 Å². The van der Waals surface area contributed by atoms with Crippen molar-refractivity contribution in [3.05, 3.63) is 70.1 Å². The maximum absolute atomic E-state index is 6.13. The number of rotatable bonds is 4. The zero-order chi connectivity index (χ0) is 21.5. The van der Waals surface area contributed by atoms with E-state index in [0.29, 0.717) is 12.1 Å². The van der Waals surface area contributed by atoms with Crippen molar-refractivity contribution in [1.82, 2.24) is 4.90 Å². The molecule has 1 aromatic heterocycles. The van der Waals surface area contributed by atoms with Crippen molar-refractivity contribution in [2.45, 2.75) is 50.0 Å². The van der Waals surface area contributed by atoms with Crippen molar-refractivity contribution in [1.29, 1.82) is 0 Å². The Morgan fingerprint density at radius 2 is 1.78 bits per heavy atom. The highest BCUT2D eigenvalue weighted by atomic mass is 35.5. The first-order chi connectivity index (χ1) is 15.7. The van der Waals surface area contributed by atoms with E-state index in [1.165, 1.54) is 21.2 Å². The molecule has 6 rings (SSSR count). The van der Waals surface area contributed by atoms with Gasteiger partial charge in [-0.15, -0.1) is 11.3 Å². The van der Waals surface area contributed by atoms with E-state index in [-0.39, 0.29) is 5.79 Å². The van der Waals surface area contributed by atoms with E-state index in [4.69, 9.17) is 26.1 Å². The van der Waals surface area contributed by atoms with Gasteiger partial charge in [0.15, 0.2) is 5.79 Å². The third-order valence-corrected chi connectivity index (χ3v) is 8.34. The Morgan fingerprint density at radius 1 is 1.03 bits per heavy atom. The number of benzene rings is 2. The maximum atomic E-state index is 6.13. The molecule has 3 aliphatic rings. The average molecular weight is 467 g/mol. The van der Waals surface area contributed by atoms with Crippen LogP contribution in [0.25, 0.3) is 10.1 Å². The van der Waals surface area contributed by atoms with E-state index in [9.17, 15) is 0 Å². The molecule has 6 heteroatoms. The lowest BCUT2D eigenvalue weighted by atomic mass is 9.87. The second-order valence-corrected chi connectivity index (χ2v) is 10.4. The summed E-state index contributed by atoms with van der Waals surface area (Å²) in [5.41, 5.74) is 2.59. The van der Waals surface area contributed by atoms with E-state index < -0.39 is 0 Å². The molecule has 0 N–H and O–H groups in total. The molecule has 1 aliphatic carbocycles. The van der Waals surface area contributed by atoms with Gasteiger partial charge >= 0.3 is 0 Å². The Kier molecular flexibility index (Phi) is 5.46. The zero-order valence-electron chi connectivity index (χ0n) is 18.0. The summed E-state index contributed by atoms with van der Waals surface area (Å²) >= 11 is 7.94. The third kappa shape index (κ3) is 3.75. The summed E-state index contributed by atoms with van der Waals surface area (Å²) in [6.07, 6.45) is 5.02. The minimum Gasteiger partial charge on any atom is -0.348 e. The molecular weight excluding hydrogens is 440 g/mol. The Labute approximate surface area is 197 Å². The third-order valence-electron chi connectivity index (χ3n) is 7.12. The predicted octanol–water partition coefficient (Wildman–Crippen LogP) is 5.91. The van der Waals surface area contributed by atoms with Crippen LogP contribution >= 0.6 is 22.9 Å². The van der Waals surface area contributed by atoms with Gasteiger partial charge in [0.05, 0.1) is 25.8 Å². The summed E-state index contributed by atoms with van der Waals surface area (Å²) in [6, 6.07) is 17.7. The topological polar surface area (TPSA) is 34.1 Å². The lowest BCUT2D eigenvalue weighted by Crippen LogP contribution is -2.50. The molecule has 1 saturated heterocycles. The monoisotopic (exact) mass is 466 g/mol. The molecule has 1 atom stereocenters. The molecule has 2 aromatic carbocycles. The Hall–Kier alpha value is -1.92. The summed E-state index contributed by atoms with van der Waals surface area (Å²) in [7, 11) is 0. The van der Waals surface area contributed by atoms with Crippen LogP contribution in [-0.4, -0.2) is 48.4 Å². The van der Waals surface area contributed by atoms with Gasteiger partial charge in [-0.05, 0) is 43.0 Å². The summed E-state index contributed by atoms with van der Waals surface area (Å²) in [6.45, 7) is 2.28. The number of amidine groups is 1. The van der Waals surface area contributed by atoms with Gasteiger partial charge in [0.1, 0.15) is 5.84 Å². The predicted molar refractivity (Wildman–Crippen MR) is 131 cm³/mol. The van der Waals surface area contributed by atoms with Gasteiger partial charge in [-0.3, -0.25) is 4.99 Å². The van der Waals surface area contributed by atoms with Crippen LogP contribution in [0.15, 0.2) is 58.9 Å². The quantitative estimate of drug-likeness (QED) is 0.479. The smallest absolute Gasteiger partial charge is 0.168 e. The molecule has 0 amide bonds. The van der Waals surface area contributed by atoms with Gasteiger partial charge in [-0.1, -0.05) is 41.9 Å². The number of thiophene rings is 1. The SMILES string of the molecule is Clc1ccc(CC2CN=C(c3csc4ccccc34)N2C2CCC3(CC2)OCCO3)cc1. The van der Waals surface area contributed by atoms with Gasteiger partial charge in [0, 0.05) is 44.9 Å². The molecule has 32 heavy (non-hydrogen) atoms. The molecule has 3 aromatic rings. The number of fused-ring (bicyclic) bond motifs is 1. The lowest BCUT2D eigenvalue weighted by molar-refractivity contribution is -0.182. The molecule has 2 fully saturated rings. The number of hydrogen-bond acceptors (Lipinski definition) is 5. The highest BCUT2D eigenvalue weighted by Gasteiger charge is 2.44. The minimum absolute atomic E-state index is 0.339. The van der Waals surface area contributed by atoms with Crippen molar-refractivity contribution in [3.8, 4) is 0 Å². The van der Waals surface area contributed by atoms with E-state index >= 15 is 0 Å². The lowest BCUT2D eigenvalue weighted by Gasteiger charge is -2.42. The molecule has 4 nitrogen and oxygen atoms in total. The number of aliphatic imine (C=N–C) groups is 1. The maximum Gasteiger partial charge on any atom is 0.168 e. The molecule has 1 unspecified atom stereocenters. The zero-order valence-corrected chi connectivity index (χ0v) is 19.6. The number of hydrogen-bond donors (Lipinski definition) is 0. The molecule has 0 bridgehead atoms. The van der Waals surface area contributed by atoms with Crippen LogP contribution in [0.4, 0.5) is 0 Å². The van der Waals surface area contributed by atoms with Gasteiger partial charge in [-0.2, -0.15) is 0 Å². The van der Waals surface area contributed by atoms with Crippen LogP contribution in [0.3, 0.4) is 0 Å². The molecule has 166 valence electrons. The van der Waals surface area contributed by atoms with Crippen LogP contribution in [0.2, 0.25) is 5.02 Å².